The molecule has 1 aliphatic carbocycles. The van der Waals surface area contributed by atoms with E-state index in [4.69, 9.17) is 16.4 Å². The second kappa shape index (κ2) is 11.1. The van der Waals surface area contributed by atoms with Gasteiger partial charge in [-0.3, -0.25) is 7.91 Å². The summed E-state index contributed by atoms with van der Waals surface area (Å²) in [4.78, 5) is 27.3. The Bertz CT molecular complexity index is 1400. The van der Waals surface area contributed by atoms with E-state index in [1.807, 2.05) is 61.2 Å². The van der Waals surface area contributed by atoms with E-state index in [0.717, 1.165) is 46.6 Å². The third kappa shape index (κ3) is 5.54. The first-order valence-corrected chi connectivity index (χ1v) is 12.8. The third-order valence-corrected chi connectivity index (χ3v) is 7.08. The number of rotatable bonds is 7. The normalized spacial score (nSPS) is 13.0. The Morgan fingerprint density at radius 3 is 2.53 bits per heavy atom. The zero-order chi connectivity index (χ0) is 25.8. The molecule has 4 rings (SSSR count). The molecule has 0 saturated carbocycles. The lowest BCUT2D eigenvalue weighted by Gasteiger charge is -2.22. The van der Waals surface area contributed by atoms with Gasteiger partial charge in [-0.05, 0) is 49.2 Å². The van der Waals surface area contributed by atoms with E-state index in [-0.39, 0.29) is 5.91 Å². The van der Waals surface area contributed by atoms with Crippen LogP contribution in [-0.4, -0.2) is 58.6 Å². The van der Waals surface area contributed by atoms with Gasteiger partial charge in [-0.15, -0.1) is 12.3 Å². The van der Waals surface area contributed by atoms with E-state index in [9.17, 15) is 4.79 Å². The fraction of sp³-hybridized carbons (Fsp3) is 0.276. The Morgan fingerprint density at radius 2 is 1.81 bits per heavy atom. The SMILES string of the molecule is C#CCCN(I)C(=O)c1ccc2nc(C3=CCCC(N(C)C)=C3)c(-c3cccc(N(C)C)c3)nc2c1. The first-order valence-electron chi connectivity index (χ1n) is 11.9. The minimum absolute atomic E-state index is 0.0941. The van der Waals surface area contributed by atoms with Crippen LogP contribution < -0.4 is 4.90 Å². The first-order chi connectivity index (χ1) is 17.3. The van der Waals surface area contributed by atoms with Crippen molar-refractivity contribution >= 4 is 51.1 Å². The maximum atomic E-state index is 13.0. The molecule has 0 aliphatic heterocycles. The maximum Gasteiger partial charge on any atom is 0.262 e. The molecular formula is C29H30IN5O. The van der Waals surface area contributed by atoms with E-state index in [2.05, 4.69) is 60.2 Å². The van der Waals surface area contributed by atoms with Crippen LogP contribution >= 0.6 is 22.9 Å². The average molecular weight is 591 g/mol. The fourth-order valence-corrected chi connectivity index (χ4v) is 4.65. The summed E-state index contributed by atoms with van der Waals surface area (Å²) in [5.41, 5.74) is 8.05. The van der Waals surface area contributed by atoms with Gasteiger partial charge in [0.15, 0.2) is 0 Å². The van der Waals surface area contributed by atoms with Crippen LogP contribution in [0.25, 0.3) is 27.9 Å². The predicted molar refractivity (Wildman–Crippen MR) is 157 cm³/mol. The molecule has 1 amide bonds. The molecule has 0 fully saturated rings. The number of carbonyl (C=O) groups is 1. The van der Waals surface area contributed by atoms with Crippen LogP contribution in [0.4, 0.5) is 5.69 Å². The third-order valence-electron chi connectivity index (χ3n) is 6.15. The van der Waals surface area contributed by atoms with Crippen molar-refractivity contribution in [2.24, 2.45) is 0 Å². The van der Waals surface area contributed by atoms with Crippen molar-refractivity contribution in [2.45, 2.75) is 19.3 Å². The number of carbonyl (C=O) groups excluding carboxylic acids is 1. The molecule has 0 N–H and O–H groups in total. The quantitative estimate of drug-likeness (QED) is 0.198. The fourth-order valence-electron chi connectivity index (χ4n) is 4.13. The topological polar surface area (TPSA) is 52.6 Å². The molecule has 1 heterocycles. The zero-order valence-electron chi connectivity index (χ0n) is 21.1. The summed E-state index contributed by atoms with van der Waals surface area (Å²) < 4.78 is 1.61. The van der Waals surface area contributed by atoms with Crippen molar-refractivity contribution in [1.82, 2.24) is 18.0 Å². The molecule has 0 spiro atoms. The van der Waals surface area contributed by atoms with Gasteiger partial charge < -0.3 is 9.80 Å². The Balaban J connectivity index is 1.87. The monoisotopic (exact) mass is 591 g/mol. The van der Waals surface area contributed by atoms with Gasteiger partial charge in [0.2, 0.25) is 0 Å². The molecule has 6 nitrogen and oxygen atoms in total. The second-order valence-corrected chi connectivity index (χ2v) is 10.3. The second-order valence-electron chi connectivity index (χ2n) is 9.14. The Labute approximate surface area is 227 Å². The molecule has 184 valence electrons. The van der Waals surface area contributed by atoms with Crippen molar-refractivity contribution in [1.29, 1.82) is 0 Å². The summed E-state index contributed by atoms with van der Waals surface area (Å²) in [6.07, 6.45) is 12.3. The minimum atomic E-state index is -0.0941. The standard InChI is InChI=1S/C29H30IN5O/c1-6-7-16-35(30)29(36)22-14-15-25-26(19-22)32-28(21-11-9-13-24(18-21)34(4)5)27(31-25)20-10-8-12-23(17-20)33(2)3/h1,9-11,13-15,17-19H,7-8,12,16H2,2-5H3. The number of aromatic nitrogens is 2. The van der Waals surface area contributed by atoms with E-state index in [1.165, 1.54) is 5.70 Å². The molecule has 3 aromatic rings. The predicted octanol–water partition coefficient (Wildman–Crippen LogP) is 5.80. The molecule has 0 unspecified atom stereocenters. The van der Waals surface area contributed by atoms with Gasteiger partial charge in [-0.1, -0.05) is 18.2 Å². The molecule has 36 heavy (non-hydrogen) atoms. The minimum Gasteiger partial charge on any atom is -0.381 e. The lowest BCUT2D eigenvalue weighted by Crippen LogP contribution is -2.21. The highest BCUT2D eigenvalue weighted by Gasteiger charge is 2.19. The zero-order valence-corrected chi connectivity index (χ0v) is 23.3. The molecule has 0 radical (unpaired) electrons. The number of halogens is 1. The van der Waals surface area contributed by atoms with Gasteiger partial charge in [0, 0.05) is 69.2 Å². The van der Waals surface area contributed by atoms with Crippen molar-refractivity contribution in [3.05, 3.63) is 71.6 Å². The number of nitrogens with zero attached hydrogens (tertiary/aromatic N) is 5. The number of fused-ring (bicyclic) bond motifs is 1. The number of allylic oxidation sites excluding steroid dienone is 4. The molecule has 7 heteroatoms. The van der Waals surface area contributed by atoms with Crippen LogP contribution in [0.3, 0.4) is 0 Å². The van der Waals surface area contributed by atoms with Crippen molar-refractivity contribution in [3.63, 3.8) is 0 Å². The molecule has 0 atom stereocenters. The summed E-state index contributed by atoms with van der Waals surface area (Å²) in [7, 11) is 8.19. The lowest BCUT2D eigenvalue weighted by molar-refractivity contribution is 0.0890. The Morgan fingerprint density at radius 1 is 1.03 bits per heavy atom. The number of terminal acetylenes is 1. The summed E-state index contributed by atoms with van der Waals surface area (Å²) in [6.45, 7) is 0.496. The summed E-state index contributed by atoms with van der Waals surface area (Å²) in [5, 5.41) is 0. The molecule has 2 aromatic carbocycles. The van der Waals surface area contributed by atoms with Crippen molar-refractivity contribution < 1.29 is 4.79 Å². The Hall–Kier alpha value is -3.38. The van der Waals surface area contributed by atoms with Crippen LogP contribution in [0.15, 0.2) is 60.3 Å². The van der Waals surface area contributed by atoms with Gasteiger partial charge in [0.1, 0.15) is 0 Å². The van der Waals surface area contributed by atoms with E-state index in [1.54, 1.807) is 3.11 Å². The van der Waals surface area contributed by atoms with Gasteiger partial charge in [0.25, 0.3) is 5.91 Å². The van der Waals surface area contributed by atoms with Crippen LogP contribution in [-0.2, 0) is 0 Å². The van der Waals surface area contributed by atoms with Crippen LogP contribution in [0.5, 0.6) is 0 Å². The largest absolute Gasteiger partial charge is 0.381 e. The Kier molecular flexibility index (Phi) is 7.94. The maximum absolute atomic E-state index is 13.0. The number of anilines is 1. The summed E-state index contributed by atoms with van der Waals surface area (Å²) in [5.74, 6) is 2.49. The van der Waals surface area contributed by atoms with Gasteiger partial charge >= 0.3 is 0 Å². The highest BCUT2D eigenvalue weighted by Crippen LogP contribution is 2.34. The van der Waals surface area contributed by atoms with Crippen LogP contribution in [0.1, 0.15) is 35.3 Å². The summed E-state index contributed by atoms with van der Waals surface area (Å²) >= 11 is 2.02. The number of hydrogen-bond acceptors (Lipinski definition) is 5. The summed E-state index contributed by atoms with van der Waals surface area (Å²) in [6, 6.07) is 13.8. The van der Waals surface area contributed by atoms with Crippen LogP contribution in [0, 0.1) is 12.3 Å². The average Bonchev–Trinajstić information content (AvgIpc) is 2.90. The van der Waals surface area contributed by atoms with E-state index in [0.29, 0.717) is 24.0 Å². The van der Waals surface area contributed by atoms with Crippen LogP contribution in [0.2, 0.25) is 0 Å². The smallest absolute Gasteiger partial charge is 0.262 e. The van der Waals surface area contributed by atoms with Crippen molar-refractivity contribution in [2.75, 3.05) is 39.6 Å². The van der Waals surface area contributed by atoms with Gasteiger partial charge in [-0.25, -0.2) is 9.97 Å². The molecular weight excluding hydrogens is 561 g/mol. The van der Waals surface area contributed by atoms with Crippen molar-refractivity contribution in [3.8, 4) is 23.6 Å². The highest BCUT2D eigenvalue weighted by molar-refractivity contribution is 14.1. The lowest BCUT2D eigenvalue weighted by atomic mass is 9.97. The first kappa shape index (κ1) is 25.7. The molecule has 1 aromatic heterocycles. The van der Waals surface area contributed by atoms with Gasteiger partial charge in [0.05, 0.1) is 45.3 Å². The van der Waals surface area contributed by atoms with E-state index >= 15 is 0 Å². The molecule has 0 saturated heterocycles. The molecule has 0 bridgehead atoms. The number of hydrogen-bond donors (Lipinski definition) is 0. The van der Waals surface area contributed by atoms with Gasteiger partial charge in [-0.2, -0.15) is 0 Å². The number of amides is 1. The highest BCUT2D eigenvalue weighted by atomic mass is 127. The molecule has 1 aliphatic rings. The number of benzene rings is 2. The van der Waals surface area contributed by atoms with E-state index < -0.39 is 0 Å².